The number of amides is 1. The number of pyridine rings is 1. The lowest BCUT2D eigenvalue weighted by atomic mass is 9.88. The largest absolute Gasteiger partial charge is 0.369 e. The van der Waals surface area contributed by atoms with Gasteiger partial charge in [-0.1, -0.05) is 26.0 Å². The minimum atomic E-state index is -0.250. The van der Waals surface area contributed by atoms with Crippen LogP contribution < -0.4 is 11.3 Å². The van der Waals surface area contributed by atoms with Gasteiger partial charge in [-0.15, -0.1) is 0 Å². The molecule has 1 amide bonds. The highest BCUT2D eigenvalue weighted by molar-refractivity contribution is 5.92. The van der Waals surface area contributed by atoms with Crippen LogP contribution in [-0.2, 0) is 17.8 Å². The normalized spacial score (nSPS) is 17.3. The molecule has 6 nitrogen and oxygen atoms in total. The Morgan fingerprint density at radius 1 is 1.16 bits per heavy atom. The topological polar surface area (TPSA) is 84.1 Å². The van der Waals surface area contributed by atoms with Crippen LogP contribution in [0.5, 0.6) is 0 Å². The summed E-state index contributed by atoms with van der Waals surface area (Å²) >= 11 is 0. The van der Waals surface area contributed by atoms with Crippen molar-refractivity contribution in [2.75, 3.05) is 19.6 Å². The molecule has 2 aromatic heterocycles. The van der Waals surface area contributed by atoms with Crippen molar-refractivity contribution in [1.29, 1.82) is 0 Å². The van der Waals surface area contributed by atoms with Crippen molar-refractivity contribution in [2.45, 2.75) is 57.9 Å². The number of piperidine rings is 1. The Morgan fingerprint density at radius 2 is 1.94 bits per heavy atom. The second-order valence-corrected chi connectivity index (χ2v) is 9.68. The second-order valence-electron chi connectivity index (χ2n) is 9.68. The van der Waals surface area contributed by atoms with Gasteiger partial charge in [0.25, 0.3) is 5.56 Å². The fourth-order valence-electron chi connectivity index (χ4n) is 5.71. The number of hydrogen-bond donors (Lipinski definition) is 2. The quantitative estimate of drug-likeness (QED) is 0.644. The Bertz CT molecular complexity index is 1230. The van der Waals surface area contributed by atoms with Gasteiger partial charge in [-0.3, -0.25) is 14.5 Å². The van der Waals surface area contributed by atoms with E-state index in [1.165, 1.54) is 27.6 Å². The molecule has 3 aromatic rings. The van der Waals surface area contributed by atoms with E-state index in [2.05, 4.69) is 41.9 Å². The van der Waals surface area contributed by atoms with Crippen LogP contribution in [-0.4, -0.2) is 40.0 Å². The molecule has 0 atom stereocenters. The van der Waals surface area contributed by atoms with Gasteiger partial charge >= 0.3 is 0 Å². The molecule has 0 aliphatic carbocycles. The van der Waals surface area contributed by atoms with Crippen LogP contribution in [0.2, 0.25) is 0 Å². The minimum absolute atomic E-state index is 0.105. The van der Waals surface area contributed by atoms with Crippen molar-refractivity contribution in [3.8, 4) is 11.3 Å². The zero-order chi connectivity index (χ0) is 22.4. The number of primary amides is 1. The Morgan fingerprint density at radius 3 is 2.66 bits per heavy atom. The van der Waals surface area contributed by atoms with Crippen LogP contribution in [0.15, 0.2) is 35.1 Å². The van der Waals surface area contributed by atoms with Gasteiger partial charge in [-0.05, 0) is 73.9 Å². The predicted molar refractivity (Wildman–Crippen MR) is 128 cm³/mol. The number of hydrogen-bond acceptors (Lipinski definition) is 3. The summed E-state index contributed by atoms with van der Waals surface area (Å²) in [7, 11) is 0. The SMILES string of the molecule is CC(C)c1c(-c2ccc(=O)n3c2CCC3)[nH]c2cc(C3CCN(CC(N)=O)CC3)ccc12. The molecule has 0 radical (unpaired) electrons. The molecule has 3 N–H and O–H groups in total. The lowest BCUT2D eigenvalue weighted by molar-refractivity contribution is -0.119. The number of likely N-dealkylation sites (tertiary alicyclic amines) is 1. The van der Waals surface area contributed by atoms with Gasteiger partial charge in [-0.2, -0.15) is 0 Å². The molecule has 1 saturated heterocycles. The first-order valence-electron chi connectivity index (χ1n) is 11.8. The molecule has 168 valence electrons. The second kappa shape index (κ2) is 8.24. The van der Waals surface area contributed by atoms with Crippen LogP contribution in [0.4, 0.5) is 0 Å². The lowest BCUT2D eigenvalue weighted by Gasteiger charge is -2.31. The van der Waals surface area contributed by atoms with E-state index in [0.717, 1.165) is 56.7 Å². The number of rotatable bonds is 5. The standard InChI is InChI=1S/C26H32N4O2/c1-16(2)25-19-6-5-18(17-9-12-29(13-10-17)15-23(27)31)14-21(19)28-26(25)20-7-8-24(32)30-11-3-4-22(20)30/h5-8,14,16-17,28H,3-4,9-13,15H2,1-2H3,(H2,27,31). The maximum atomic E-state index is 12.3. The number of aromatic amines is 1. The third kappa shape index (κ3) is 3.66. The van der Waals surface area contributed by atoms with Gasteiger partial charge in [0.1, 0.15) is 0 Å². The zero-order valence-corrected chi connectivity index (χ0v) is 19.0. The fraction of sp³-hybridized carbons (Fsp3) is 0.462. The molecule has 0 saturated carbocycles. The average Bonchev–Trinajstić information content (AvgIpc) is 3.39. The van der Waals surface area contributed by atoms with Crippen LogP contribution in [0.3, 0.4) is 0 Å². The molecule has 1 aromatic carbocycles. The number of carbonyl (C=O) groups excluding carboxylic acids is 1. The van der Waals surface area contributed by atoms with E-state index in [1.54, 1.807) is 6.07 Å². The maximum absolute atomic E-state index is 12.3. The van der Waals surface area contributed by atoms with Gasteiger partial charge in [0, 0.05) is 34.8 Å². The molecule has 4 heterocycles. The molecule has 6 heteroatoms. The molecular weight excluding hydrogens is 400 g/mol. The van der Waals surface area contributed by atoms with Crippen molar-refractivity contribution in [3.05, 3.63) is 57.5 Å². The highest BCUT2D eigenvalue weighted by Gasteiger charge is 2.25. The van der Waals surface area contributed by atoms with E-state index in [-0.39, 0.29) is 11.5 Å². The van der Waals surface area contributed by atoms with E-state index in [1.807, 2.05) is 10.6 Å². The number of benzene rings is 1. The Hall–Kier alpha value is -2.86. The average molecular weight is 433 g/mol. The summed E-state index contributed by atoms with van der Waals surface area (Å²) in [6.45, 7) is 7.47. The summed E-state index contributed by atoms with van der Waals surface area (Å²) in [4.78, 5) is 29.4. The third-order valence-electron chi connectivity index (χ3n) is 7.24. The van der Waals surface area contributed by atoms with Crippen molar-refractivity contribution in [2.24, 2.45) is 5.73 Å². The highest BCUT2D eigenvalue weighted by atomic mass is 16.1. The van der Waals surface area contributed by atoms with Crippen LogP contribution >= 0.6 is 0 Å². The molecule has 2 aliphatic heterocycles. The van der Waals surface area contributed by atoms with Gasteiger partial charge in [0.05, 0.1) is 12.2 Å². The van der Waals surface area contributed by atoms with E-state index in [0.29, 0.717) is 18.4 Å². The summed E-state index contributed by atoms with van der Waals surface area (Å²) in [5.74, 6) is 0.618. The molecule has 2 aliphatic rings. The van der Waals surface area contributed by atoms with E-state index >= 15 is 0 Å². The predicted octanol–water partition coefficient (Wildman–Crippen LogP) is 3.73. The summed E-state index contributed by atoms with van der Waals surface area (Å²) in [5, 5.41) is 1.27. The van der Waals surface area contributed by atoms with E-state index < -0.39 is 0 Å². The number of carbonyl (C=O) groups is 1. The van der Waals surface area contributed by atoms with Crippen molar-refractivity contribution >= 4 is 16.8 Å². The molecule has 0 spiro atoms. The molecule has 32 heavy (non-hydrogen) atoms. The van der Waals surface area contributed by atoms with Gasteiger partial charge < -0.3 is 15.3 Å². The summed E-state index contributed by atoms with van der Waals surface area (Å²) < 4.78 is 1.94. The van der Waals surface area contributed by atoms with Gasteiger partial charge in [0.15, 0.2) is 0 Å². The number of nitrogens with two attached hydrogens (primary N) is 1. The molecule has 0 unspecified atom stereocenters. The van der Waals surface area contributed by atoms with Gasteiger partial charge in [0.2, 0.25) is 5.91 Å². The first-order chi connectivity index (χ1) is 15.4. The van der Waals surface area contributed by atoms with Crippen LogP contribution in [0, 0.1) is 0 Å². The maximum Gasteiger partial charge on any atom is 0.250 e. The van der Waals surface area contributed by atoms with E-state index in [4.69, 9.17) is 5.73 Å². The molecular formula is C26H32N4O2. The number of nitrogens with zero attached hydrogens (tertiary/aromatic N) is 2. The van der Waals surface area contributed by atoms with Crippen LogP contribution in [0.25, 0.3) is 22.2 Å². The molecule has 5 rings (SSSR count). The Balaban J connectivity index is 1.52. The minimum Gasteiger partial charge on any atom is -0.369 e. The van der Waals surface area contributed by atoms with E-state index in [9.17, 15) is 9.59 Å². The number of aromatic nitrogens is 2. The number of fused-ring (bicyclic) bond motifs is 2. The summed E-state index contributed by atoms with van der Waals surface area (Å²) in [6, 6.07) is 10.6. The smallest absolute Gasteiger partial charge is 0.250 e. The number of H-pyrrole nitrogens is 1. The molecule has 0 bridgehead atoms. The van der Waals surface area contributed by atoms with Crippen LogP contribution in [0.1, 0.15) is 61.8 Å². The van der Waals surface area contributed by atoms with Crippen molar-refractivity contribution < 1.29 is 4.79 Å². The summed E-state index contributed by atoms with van der Waals surface area (Å²) in [6.07, 6.45) is 4.06. The van der Waals surface area contributed by atoms with Gasteiger partial charge in [-0.25, -0.2) is 0 Å². The first-order valence-corrected chi connectivity index (χ1v) is 11.8. The molecule has 1 fully saturated rings. The fourth-order valence-corrected chi connectivity index (χ4v) is 5.71. The monoisotopic (exact) mass is 432 g/mol. The Labute approximate surface area is 188 Å². The zero-order valence-electron chi connectivity index (χ0n) is 19.0. The first kappa shape index (κ1) is 21.0. The highest BCUT2D eigenvalue weighted by Crippen LogP contribution is 2.39. The third-order valence-corrected chi connectivity index (χ3v) is 7.24. The lowest BCUT2D eigenvalue weighted by Crippen LogP contribution is -2.39. The number of nitrogens with one attached hydrogen (secondary N) is 1. The Kier molecular flexibility index (Phi) is 5.41. The van der Waals surface area contributed by atoms with Crippen molar-refractivity contribution in [3.63, 3.8) is 0 Å². The van der Waals surface area contributed by atoms with Crippen molar-refractivity contribution in [1.82, 2.24) is 14.5 Å². The summed E-state index contributed by atoms with van der Waals surface area (Å²) in [5.41, 5.74) is 12.8.